The number of nitrogens with zero attached hydrogens (tertiary/aromatic N) is 1. The van der Waals surface area contributed by atoms with E-state index in [1.54, 1.807) is 0 Å². The summed E-state index contributed by atoms with van der Waals surface area (Å²) in [7, 11) is 0. The van der Waals surface area contributed by atoms with Crippen molar-refractivity contribution in [2.75, 3.05) is 0 Å². The highest BCUT2D eigenvalue weighted by Crippen LogP contribution is 2.07. The normalized spacial score (nSPS) is 10.0. The third-order valence-corrected chi connectivity index (χ3v) is 1.43. The zero-order valence-electron chi connectivity index (χ0n) is 7.41. The Balaban J connectivity index is 0.00000121. The number of hydrogen-bond donors (Lipinski definition) is 1. The van der Waals surface area contributed by atoms with Crippen LogP contribution in [0.5, 0.6) is 0 Å². The molecule has 0 amide bonds. The quantitative estimate of drug-likeness (QED) is 0.790. The lowest BCUT2D eigenvalue weighted by Crippen LogP contribution is -1.94. The molecule has 0 aromatic carbocycles. The minimum absolute atomic E-state index is 0. The van der Waals surface area contributed by atoms with Crippen LogP contribution in [0.1, 0.15) is 25.3 Å². The lowest BCUT2D eigenvalue weighted by atomic mass is 10.1. The van der Waals surface area contributed by atoms with Crippen molar-refractivity contribution in [2.24, 2.45) is 11.7 Å². The van der Waals surface area contributed by atoms with Crippen LogP contribution in [0.4, 0.5) is 0 Å². The highest BCUT2D eigenvalue weighted by atomic mass is 35.5. The highest BCUT2D eigenvalue weighted by molar-refractivity contribution is 5.85. The molecular weight excluding hydrogens is 176 g/mol. The number of hydrogen-bond acceptors (Lipinski definition) is 3. The Morgan fingerprint density at radius 1 is 1.58 bits per heavy atom. The first-order chi connectivity index (χ1) is 5.22. The van der Waals surface area contributed by atoms with Crippen LogP contribution in [0.3, 0.4) is 0 Å². The SMILES string of the molecule is CC(C)Cc1cc(CN)on1.Cl. The lowest BCUT2D eigenvalue weighted by molar-refractivity contribution is 0.375. The second kappa shape index (κ2) is 5.17. The first-order valence-corrected chi connectivity index (χ1v) is 3.87. The number of aromatic nitrogens is 1. The first kappa shape index (κ1) is 11.5. The Morgan fingerprint density at radius 3 is 2.67 bits per heavy atom. The summed E-state index contributed by atoms with van der Waals surface area (Å²) >= 11 is 0. The predicted molar refractivity (Wildman–Crippen MR) is 50.2 cm³/mol. The van der Waals surface area contributed by atoms with Gasteiger partial charge >= 0.3 is 0 Å². The van der Waals surface area contributed by atoms with E-state index in [1.807, 2.05) is 6.07 Å². The molecule has 1 aromatic heterocycles. The Hall–Kier alpha value is -0.540. The zero-order chi connectivity index (χ0) is 8.27. The van der Waals surface area contributed by atoms with Crippen LogP contribution in [0.15, 0.2) is 10.6 Å². The molecule has 0 aliphatic heterocycles. The number of nitrogens with two attached hydrogens (primary N) is 1. The maximum atomic E-state index is 5.36. The third-order valence-electron chi connectivity index (χ3n) is 1.43. The molecule has 0 saturated heterocycles. The standard InChI is InChI=1S/C8H14N2O.ClH/c1-6(2)3-7-4-8(5-9)11-10-7;/h4,6H,3,5,9H2,1-2H3;1H. The van der Waals surface area contributed by atoms with Crippen LogP contribution >= 0.6 is 12.4 Å². The summed E-state index contributed by atoms with van der Waals surface area (Å²) in [6.07, 6.45) is 0.962. The van der Waals surface area contributed by atoms with E-state index in [2.05, 4.69) is 19.0 Å². The summed E-state index contributed by atoms with van der Waals surface area (Å²) < 4.78 is 4.94. The van der Waals surface area contributed by atoms with Gasteiger partial charge in [-0.2, -0.15) is 0 Å². The van der Waals surface area contributed by atoms with Crippen molar-refractivity contribution in [1.82, 2.24) is 5.16 Å². The first-order valence-electron chi connectivity index (χ1n) is 3.87. The fraction of sp³-hybridized carbons (Fsp3) is 0.625. The van der Waals surface area contributed by atoms with Crippen molar-refractivity contribution >= 4 is 12.4 Å². The number of rotatable bonds is 3. The van der Waals surface area contributed by atoms with Crippen LogP contribution < -0.4 is 5.73 Å². The van der Waals surface area contributed by atoms with E-state index >= 15 is 0 Å². The van der Waals surface area contributed by atoms with Crippen molar-refractivity contribution in [3.05, 3.63) is 17.5 Å². The van der Waals surface area contributed by atoms with Gasteiger partial charge in [-0.3, -0.25) is 0 Å². The molecule has 0 aliphatic rings. The molecule has 0 atom stereocenters. The maximum Gasteiger partial charge on any atom is 0.150 e. The molecule has 0 saturated carbocycles. The molecule has 4 heteroatoms. The van der Waals surface area contributed by atoms with Gasteiger partial charge in [0.25, 0.3) is 0 Å². The summed E-state index contributed by atoms with van der Waals surface area (Å²) in [5.74, 6) is 1.38. The van der Waals surface area contributed by atoms with Crippen molar-refractivity contribution in [2.45, 2.75) is 26.8 Å². The van der Waals surface area contributed by atoms with Gasteiger partial charge in [-0.1, -0.05) is 19.0 Å². The van der Waals surface area contributed by atoms with Crippen LogP contribution in [0.2, 0.25) is 0 Å². The Morgan fingerprint density at radius 2 is 2.25 bits per heavy atom. The molecule has 0 unspecified atom stereocenters. The largest absolute Gasteiger partial charge is 0.360 e. The highest BCUT2D eigenvalue weighted by Gasteiger charge is 2.03. The molecule has 0 fully saturated rings. The van der Waals surface area contributed by atoms with Crippen molar-refractivity contribution in [3.8, 4) is 0 Å². The average Bonchev–Trinajstić information content (AvgIpc) is 2.34. The van der Waals surface area contributed by atoms with Gasteiger partial charge in [-0.15, -0.1) is 12.4 Å². The van der Waals surface area contributed by atoms with Gasteiger partial charge in [-0.05, 0) is 12.3 Å². The second-order valence-corrected chi connectivity index (χ2v) is 3.09. The predicted octanol–water partition coefficient (Wildman–Crippen LogP) is 1.75. The molecule has 1 aromatic rings. The fourth-order valence-electron chi connectivity index (χ4n) is 0.966. The molecule has 12 heavy (non-hydrogen) atoms. The van der Waals surface area contributed by atoms with E-state index < -0.39 is 0 Å². The van der Waals surface area contributed by atoms with Crippen molar-refractivity contribution in [3.63, 3.8) is 0 Å². The number of halogens is 1. The van der Waals surface area contributed by atoms with E-state index in [4.69, 9.17) is 10.3 Å². The molecule has 0 spiro atoms. The maximum absolute atomic E-state index is 5.36. The molecule has 0 aliphatic carbocycles. The molecule has 1 rings (SSSR count). The van der Waals surface area contributed by atoms with Gasteiger partial charge in [-0.25, -0.2) is 0 Å². The van der Waals surface area contributed by atoms with Gasteiger partial charge < -0.3 is 10.3 Å². The molecule has 0 bridgehead atoms. The second-order valence-electron chi connectivity index (χ2n) is 3.09. The van der Waals surface area contributed by atoms with E-state index in [1.165, 1.54) is 0 Å². The average molecular weight is 191 g/mol. The summed E-state index contributed by atoms with van der Waals surface area (Å²) in [4.78, 5) is 0. The smallest absolute Gasteiger partial charge is 0.150 e. The van der Waals surface area contributed by atoms with Crippen LogP contribution in [0, 0.1) is 5.92 Å². The Labute approximate surface area is 78.7 Å². The molecular formula is C8H15ClN2O. The summed E-state index contributed by atoms with van der Waals surface area (Å²) in [6, 6.07) is 1.92. The molecule has 2 N–H and O–H groups in total. The lowest BCUT2D eigenvalue weighted by Gasteiger charge is -1.96. The summed E-state index contributed by atoms with van der Waals surface area (Å²) in [5.41, 5.74) is 6.36. The van der Waals surface area contributed by atoms with Crippen LogP contribution in [0.25, 0.3) is 0 Å². The summed E-state index contributed by atoms with van der Waals surface area (Å²) in [5, 5.41) is 3.87. The fourth-order valence-corrected chi connectivity index (χ4v) is 0.966. The van der Waals surface area contributed by atoms with E-state index in [9.17, 15) is 0 Å². The summed E-state index contributed by atoms with van der Waals surface area (Å²) in [6.45, 7) is 4.73. The monoisotopic (exact) mass is 190 g/mol. The molecule has 3 nitrogen and oxygen atoms in total. The van der Waals surface area contributed by atoms with Gasteiger partial charge in [0.15, 0.2) is 5.76 Å². The molecule has 0 radical (unpaired) electrons. The van der Waals surface area contributed by atoms with Crippen molar-refractivity contribution in [1.29, 1.82) is 0 Å². The third kappa shape index (κ3) is 3.24. The van der Waals surface area contributed by atoms with Gasteiger partial charge in [0, 0.05) is 6.07 Å². The van der Waals surface area contributed by atoms with E-state index in [0.717, 1.165) is 17.9 Å². The minimum atomic E-state index is 0. The minimum Gasteiger partial charge on any atom is -0.360 e. The van der Waals surface area contributed by atoms with E-state index in [-0.39, 0.29) is 12.4 Å². The van der Waals surface area contributed by atoms with Gasteiger partial charge in [0.05, 0.1) is 12.2 Å². The van der Waals surface area contributed by atoms with Crippen LogP contribution in [-0.4, -0.2) is 5.16 Å². The van der Waals surface area contributed by atoms with Crippen molar-refractivity contribution < 1.29 is 4.52 Å². The van der Waals surface area contributed by atoms with Gasteiger partial charge in [0.2, 0.25) is 0 Å². The Kier molecular flexibility index (Phi) is 4.93. The molecule has 70 valence electrons. The Bertz CT molecular complexity index is 223. The van der Waals surface area contributed by atoms with Gasteiger partial charge in [0.1, 0.15) is 0 Å². The topological polar surface area (TPSA) is 52.0 Å². The van der Waals surface area contributed by atoms with Crippen LogP contribution in [-0.2, 0) is 13.0 Å². The zero-order valence-corrected chi connectivity index (χ0v) is 8.23. The van der Waals surface area contributed by atoms with E-state index in [0.29, 0.717) is 12.5 Å². The molecule has 1 heterocycles.